The molecule has 1 aromatic heterocycles. The first-order chi connectivity index (χ1) is 11.9. The first-order valence-corrected chi connectivity index (χ1v) is 10.4. The van der Waals surface area contributed by atoms with Crippen molar-refractivity contribution in [2.24, 2.45) is 5.73 Å². The zero-order valence-corrected chi connectivity index (χ0v) is 17.1. The average Bonchev–Trinajstić information content (AvgIpc) is 3.16. The SMILES string of the molecule is Cc1cc2c(cc1C)C(=S)N(CCC(C)(N)CCCc1cccs1)C2. The summed E-state index contributed by atoms with van der Waals surface area (Å²) in [4.78, 5) is 4.77. The molecule has 0 amide bonds. The Morgan fingerprint density at radius 2 is 2.00 bits per heavy atom. The van der Waals surface area contributed by atoms with Crippen LogP contribution in [0.1, 0.15) is 53.3 Å². The number of rotatable bonds is 7. The van der Waals surface area contributed by atoms with E-state index < -0.39 is 0 Å². The number of nitrogens with two attached hydrogens (primary N) is 1. The molecule has 2 heterocycles. The van der Waals surface area contributed by atoms with Crippen molar-refractivity contribution in [2.75, 3.05) is 6.54 Å². The Hall–Kier alpha value is -1.23. The predicted octanol–water partition coefficient (Wildman–Crippen LogP) is 4.99. The van der Waals surface area contributed by atoms with Gasteiger partial charge in [-0.3, -0.25) is 0 Å². The molecule has 0 aliphatic carbocycles. The highest BCUT2D eigenvalue weighted by Gasteiger charge is 2.27. The van der Waals surface area contributed by atoms with Crippen LogP contribution in [0.5, 0.6) is 0 Å². The van der Waals surface area contributed by atoms with Crippen molar-refractivity contribution in [3.05, 3.63) is 56.8 Å². The molecule has 1 unspecified atom stereocenters. The van der Waals surface area contributed by atoms with Gasteiger partial charge < -0.3 is 10.6 Å². The Kier molecular flexibility index (Phi) is 5.62. The van der Waals surface area contributed by atoms with Gasteiger partial charge in [0.25, 0.3) is 0 Å². The molecule has 3 rings (SSSR count). The summed E-state index contributed by atoms with van der Waals surface area (Å²) in [5.74, 6) is 0. The summed E-state index contributed by atoms with van der Waals surface area (Å²) in [6.07, 6.45) is 4.31. The molecule has 0 radical (unpaired) electrons. The van der Waals surface area contributed by atoms with Gasteiger partial charge in [0.2, 0.25) is 0 Å². The number of hydrogen-bond donors (Lipinski definition) is 1. The standard InChI is InChI=1S/C21H28N2S2/c1-15-12-17-14-23(20(24)19(17)13-16(15)2)10-9-21(3,22)8-4-6-18-7-5-11-25-18/h5,7,11-13H,4,6,8-10,14,22H2,1-3H3. The Bertz CT molecular complexity index is 748. The molecule has 1 aromatic carbocycles. The molecule has 4 heteroatoms. The molecule has 1 aliphatic rings. The highest BCUT2D eigenvalue weighted by molar-refractivity contribution is 7.80. The van der Waals surface area contributed by atoms with Crippen LogP contribution in [0.2, 0.25) is 0 Å². The predicted molar refractivity (Wildman–Crippen MR) is 112 cm³/mol. The number of benzene rings is 1. The number of fused-ring (bicyclic) bond motifs is 1. The molecule has 2 aromatic rings. The van der Waals surface area contributed by atoms with Crippen molar-refractivity contribution < 1.29 is 0 Å². The third-order valence-electron chi connectivity index (χ3n) is 5.30. The first-order valence-electron chi connectivity index (χ1n) is 9.06. The minimum atomic E-state index is -0.131. The van der Waals surface area contributed by atoms with Gasteiger partial charge in [-0.15, -0.1) is 11.3 Å². The number of hydrogen-bond acceptors (Lipinski definition) is 3. The molecule has 1 atom stereocenters. The minimum absolute atomic E-state index is 0.131. The van der Waals surface area contributed by atoms with Crippen LogP contribution in [0.3, 0.4) is 0 Å². The van der Waals surface area contributed by atoms with Crippen molar-refractivity contribution >= 4 is 28.5 Å². The Morgan fingerprint density at radius 3 is 2.72 bits per heavy atom. The monoisotopic (exact) mass is 372 g/mol. The maximum Gasteiger partial charge on any atom is 0.109 e. The van der Waals surface area contributed by atoms with E-state index in [0.717, 1.165) is 43.8 Å². The smallest absolute Gasteiger partial charge is 0.109 e. The van der Waals surface area contributed by atoms with E-state index in [1.807, 2.05) is 11.3 Å². The van der Waals surface area contributed by atoms with Crippen LogP contribution in [0.4, 0.5) is 0 Å². The maximum atomic E-state index is 6.57. The quantitative estimate of drug-likeness (QED) is 0.695. The van der Waals surface area contributed by atoms with Crippen molar-refractivity contribution in [3.63, 3.8) is 0 Å². The fraction of sp³-hybridized carbons (Fsp3) is 0.476. The van der Waals surface area contributed by atoms with Gasteiger partial charge in [0.15, 0.2) is 0 Å². The van der Waals surface area contributed by atoms with Crippen molar-refractivity contribution in [1.82, 2.24) is 4.90 Å². The highest BCUT2D eigenvalue weighted by atomic mass is 32.1. The Balaban J connectivity index is 1.52. The van der Waals surface area contributed by atoms with Crippen LogP contribution >= 0.6 is 23.6 Å². The van der Waals surface area contributed by atoms with E-state index in [2.05, 4.69) is 55.3 Å². The van der Waals surface area contributed by atoms with Gasteiger partial charge in [0.05, 0.1) is 0 Å². The third-order valence-corrected chi connectivity index (χ3v) is 6.72. The summed E-state index contributed by atoms with van der Waals surface area (Å²) in [6.45, 7) is 8.39. The van der Waals surface area contributed by atoms with E-state index in [9.17, 15) is 0 Å². The lowest BCUT2D eigenvalue weighted by Crippen LogP contribution is -2.40. The van der Waals surface area contributed by atoms with Crippen LogP contribution in [0, 0.1) is 13.8 Å². The van der Waals surface area contributed by atoms with Crippen LogP contribution < -0.4 is 5.73 Å². The molecule has 2 N–H and O–H groups in total. The van der Waals surface area contributed by atoms with Gasteiger partial charge in [-0.25, -0.2) is 0 Å². The molecule has 2 nitrogen and oxygen atoms in total. The normalized spacial score (nSPS) is 16.2. The minimum Gasteiger partial charge on any atom is -0.358 e. The van der Waals surface area contributed by atoms with E-state index in [0.29, 0.717) is 0 Å². The van der Waals surface area contributed by atoms with Crippen LogP contribution in [0.15, 0.2) is 29.6 Å². The molecule has 0 spiro atoms. The maximum absolute atomic E-state index is 6.57. The third kappa shape index (κ3) is 4.49. The van der Waals surface area contributed by atoms with Gasteiger partial charge in [-0.1, -0.05) is 24.4 Å². The molecule has 1 aliphatic heterocycles. The van der Waals surface area contributed by atoms with Gasteiger partial charge in [-0.05, 0) is 80.7 Å². The van der Waals surface area contributed by atoms with Crippen LogP contribution in [0.25, 0.3) is 0 Å². The van der Waals surface area contributed by atoms with E-state index in [-0.39, 0.29) is 5.54 Å². The number of thiophene rings is 1. The van der Waals surface area contributed by atoms with Gasteiger partial charge >= 0.3 is 0 Å². The molecule has 134 valence electrons. The fourth-order valence-corrected chi connectivity index (χ4v) is 4.57. The van der Waals surface area contributed by atoms with Crippen molar-refractivity contribution in [1.29, 1.82) is 0 Å². The second-order valence-corrected chi connectivity index (χ2v) is 9.08. The van der Waals surface area contributed by atoms with E-state index >= 15 is 0 Å². The number of nitrogens with zero attached hydrogens (tertiary/aromatic N) is 1. The number of thiocarbonyl (C=S) groups is 1. The van der Waals surface area contributed by atoms with E-state index in [4.69, 9.17) is 18.0 Å². The zero-order valence-electron chi connectivity index (χ0n) is 15.5. The van der Waals surface area contributed by atoms with E-state index in [1.54, 1.807) is 0 Å². The largest absolute Gasteiger partial charge is 0.358 e. The highest BCUT2D eigenvalue weighted by Crippen LogP contribution is 2.28. The molecule has 0 saturated heterocycles. The Labute approximate surface area is 161 Å². The molecule has 0 fully saturated rings. The second-order valence-electron chi connectivity index (χ2n) is 7.66. The zero-order chi connectivity index (χ0) is 18.0. The van der Waals surface area contributed by atoms with Crippen LogP contribution in [-0.4, -0.2) is 22.0 Å². The summed E-state index contributed by atoms with van der Waals surface area (Å²) in [6, 6.07) is 8.87. The molecular formula is C21H28N2S2. The molecule has 0 bridgehead atoms. The summed E-state index contributed by atoms with van der Waals surface area (Å²) in [7, 11) is 0. The van der Waals surface area contributed by atoms with Gasteiger partial charge in [0.1, 0.15) is 4.99 Å². The molecular weight excluding hydrogens is 344 g/mol. The summed E-state index contributed by atoms with van der Waals surface area (Å²) < 4.78 is 0. The second kappa shape index (κ2) is 7.56. The van der Waals surface area contributed by atoms with Gasteiger partial charge in [0, 0.05) is 29.1 Å². The lowest BCUT2D eigenvalue weighted by atomic mass is 9.92. The number of aryl methyl sites for hydroxylation is 3. The average molecular weight is 373 g/mol. The lowest BCUT2D eigenvalue weighted by molar-refractivity contribution is 0.326. The van der Waals surface area contributed by atoms with Crippen molar-refractivity contribution in [2.45, 2.75) is 58.5 Å². The fourth-order valence-electron chi connectivity index (χ4n) is 3.47. The summed E-state index contributed by atoms with van der Waals surface area (Å²) in [5.41, 5.74) is 11.7. The van der Waals surface area contributed by atoms with Crippen molar-refractivity contribution in [3.8, 4) is 0 Å². The molecule has 25 heavy (non-hydrogen) atoms. The molecule has 0 saturated carbocycles. The first kappa shape index (κ1) is 18.6. The van der Waals surface area contributed by atoms with Crippen LogP contribution in [-0.2, 0) is 13.0 Å². The summed E-state index contributed by atoms with van der Waals surface area (Å²) in [5, 5.41) is 2.15. The Morgan fingerprint density at radius 1 is 1.24 bits per heavy atom. The topological polar surface area (TPSA) is 29.3 Å². The summed E-state index contributed by atoms with van der Waals surface area (Å²) >= 11 is 7.55. The van der Waals surface area contributed by atoms with Gasteiger partial charge in [-0.2, -0.15) is 0 Å². The van der Waals surface area contributed by atoms with E-state index in [1.165, 1.54) is 27.1 Å². The lowest BCUT2D eigenvalue weighted by Gasteiger charge is -2.28.